The molecule has 0 amide bonds. The average Bonchev–Trinajstić information content (AvgIpc) is 2.79. The summed E-state index contributed by atoms with van der Waals surface area (Å²) in [7, 11) is -4.17. The zero-order valence-corrected chi connectivity index (χ0v) is 11.9. The van der Waals surface area contributed by atoms with Crippen molar-refractivity contribution >= 4 is 7.60 Å². The van der Waals surface area contributed by atoms with Gasteiger partial charge < -0.3 is 14.5 Å². The Morgan fingerprint density at radius 1 is 1.45 bits per heavy atom. The van der Waals surface area contributed by atoms with E-state index in [1.807, 2.05) is 0 Å². The zero-order chi connectivity index (χ0) is 14.9. The number of H-pyrrole nitrogens is 1. The molecule has 8 nitrogen and oxygen atoms in total. The topological polar surface area (TPSA) is 122 Å². The van der Waals surface area contributed by atoms with E-state index in [4.69, 9.17) is 14.5 Å². The van der Waals surface area contributed by atoms with E-state index in [0.717, 1.165) is 0 Å². The number of hydrogen-bond donors (Lipinski definition) is 3. The van der Waals surface area contributed by atoms with E-state index >= 15 is 0 Å². The Bertz CT molecular complexity index is 645. The molecular formula is C11H17N2O6P. The first-order valence-corrected chi connectivity index (χ1v) is 8.04. The summed E-state index contributed by atoms with van der Waals surface area (Å²) < 4.78 is 17.4. The van der Waals surface area contributed by atoms with E-state index in [2.05, 4.69) is 4.98 Å². The Hall–Kier alpha value is -1.21. The predicted molar refractivity (Wildman–Crippen MR) is 70.7 cm³/mol. The van der Waals surface area contributed by atoms with Gasteiger partial charge in [0.15, 0.2) is 0 Å². The fourth-order valence-electron chi connectivity index (χ4n) is 2.38. The maximum Gasteiger partial charge on any atom is 0.350 e. The first-order valence-electron chi connectivity index (χ1n) is 6.24. The van der Waals surface area contributed by atoms with Gasteiger partial charge in [0.1, 0.15) is 6.35 Å². The summed E-state index contributed by atoms with van der Waals surface area (Å²) in [5.74, 6) is 0. The first kappa shape index (κ1) is 15.2. The molecule has 1 aromatic heterocycles. The third kappa shape index (κ3) is 3.67. The molecule has 2 atom stereocenters. The van der Waals surface area contributed by atoms with Gasteiger partial charge >= 0.3 is 13.3 Å². The van der Waals surface area contributed by atoms with Crippen molar-refractivity contribution < 1.29 is 19.1 Å². The summed E-state index contributed by atoms with van der Waals surface area (Å²) in [5, 5.41) is 0. The van der Waals surface area contributed by atoms with E-state index < -0.39 is 25.2 Å². The number of rotatable bonds is 4. The maximum atomic E-state index is 11.7. The molecule has 0 aromatic carbocycles. The van der Waals surface area contributed by atoms with Gasteiger partial charge in [-0.3, -0.25) is 18.9 Å². The molecule has 1 aliphatic carbocycles. The number of ether oxygens (including phenoxy) is 1. The Morgan fingerprint density at radius 2 is 2.15 bits per heavy atom. The standard InChI is InChI=1S/C11H17N2O6P/c1-7-5-13(11(15)12-10(7)14)8-2-3-9(4-8)19-6-20(16,17)18/h5,8-9H,2-4,6H2,1H3,(H,12,14,15)(H2,16,17,18). The summed E-state index contributed by atoms with van der Waals surface area (Å²) in [6.45, 7) is 1.62. The van der Waals surface area contributed by atoms with Crippen molar-refractivity contribution in [3.05, 3.63) is 32.6 Å². The lowest BCUT2D eigenvalue weighted by Crippen LogP contribution is -2.32. The molecule has 1 aromatic rings. The smallest absolute Gasteiger partial charge is 0.350 e. The number of nitrogens with zero attached hydrogens (tertiary/aromatic N) is 1. The highest BCUT2D eigenvalue weighted by Gasteiger charge is 2.29. The summed E-state index contributed by atoms with van der Waals surface area (Å²) in [4.78, 5) is 42.8. The predicted octanol–water partition coefficient (Wildman–Crippen LogP) is 0.0904. The molecule has 1 saturated carbocycles. The van der Waals surface area contributed by atoms with Gasteiger partial charge in [0.2, 0.25) is 0 Å². The minimum Gasteiger partial charge on any atom is -0.366 e. The van der Waals surface area contributed by atoms with Gasteiger partial charge in [-0.05, 0) is 26.2 Å². The van der Waals surface area contributed by atoms with Crippen LogP contribution in [0.1, 0.15) is 30.9 Å². The van der Waals surface area contributed by atoms with Crippen LogP contribution < -0.4 is 11.2 Å². The van der Waals surface area contributed by atoms with Gasteiger partial charge in [0, 0.05) is 17.8 Å². The summed E-state index contributed by atoms with van der Waals surface area (Å²) in [6.07, 6.45) is 2.39. The quantitative estimate of drug-likeness (QED) is 0.678. The van der Waals surface area contributed by atoms with Gasteiger partial charge in [-0.1, -0.05) is 0 Å². The second-order valence-electron chi connectivity index (χ2n) is 5.03. The van der Waals surface area contributed by atoms with Crippen molar-refractivity contribution in [1.82, 2.24) is 9.55 Å². The van der Waals surface area contributed by atoms with E-state index in [0.29, 0.717) is 24.8 Å². The van der Waals surface area contributed by atoms with Gasteiger partial charge in [-0.2, -0.15) is 0 Å². The number of aryl methyl sites for hydroxylation is 1. The van der Waals surface area contributed by atoms with Crippen LogP contribution in [0, 0.1) is 6.92 Å². The number of aromatic amines is 1. The molecule has 3 N–H and O–H groups in total. The van der Waals surface area contributed by atoms with Gasteiger partial charge in [0.05, 0.1) is 6.10 Å². The molecule has 2 rings (SSSR count). The van der Waals surface area contributed by atoms with Crippen LogP contribution in [0.25, 0.3) is 0 Å². The third-order valence-electron chi connectivity index (χ3n) is 3.37. The van der Waals surface area contributed by atoms with Crippen LogP contribution in [0.5, 0.6) is 0 Å². The molecule has 9 heteroatoms. The van der Waals surface area contributed by atoms with E-state index in [9.17, 15) is 14.2 Å². The van der Waals surface area contributed by atoms with Crippen molar-refractivity contribution in [2.75, 3.05) is 6.35 Å². The van der Waals surface area contributed by atoms with Gasteiger partial charge in [-0.25, -0.2) is 4.79 Å². The van der Waals surface area contributed by atoms with Crippen LogP contribution in [0.2, 0.25) is 0 Å². The lowest BCUT2D eigenvalue weighted by Gasteiger charge is -2.15. The average molecular weight is 304 g/mol. The lowest BCUT2D eigenvalue weighted by molar-refractivity contribution is 0.0775. The highest BCUT2D eigenvalue weighted by molar-refractivity contribution is 7.51. The van der Waals surface area contributed by atoms with Crippen LogP contribution in [0.4, 0.5) is 0 Å². The number of aromatic nitrogens is 2. The molecule has 0 aliphatic heterocycles. The van der Waals surface area contributed by atoms with Gasteiger partial charge in [0.25, 0.3) is 5.56 Å². The minimum atomic E-state index is -4.17. The fraction of sp³-hybridized carbons (Fsp3) is 0.636. The molecular weight excluding hydrogens is 287 g/mol. The van der Waals surface area contributed by atoms with Crippen LogP contribution in [-0.2, 0) is 9.30 Å². The van der Waals surface area contributed by atoms with Crippen LogP contribution in [-0.4, -0.2) is 31.8 Å². The molecule has 112 valence electrons. The Labute approximate surface area is 114 Å². The second-order valence-corrected chi connectivity index (χ2v) is 6.62. The summed E-state index contributed by atoms with van der Waals surface area (Å²) in [6, 6.07) is -0.125. The molecule has 0 spiro atoms. The summed E-state index contributed by atoms with van der Waals surface area (Å²) >= 11 is 0. The first-order chi connectivity index (χ1) is 9.26. The molecule has 1 aliphatic rings. The van der Waals surface area contributed by atoms with E-state index in [1.165, 1.54) is 10.8 Å². The highest BCUT2D eigenvalue weighted by atomic mass is 31.2. The largest absolute Gasteiger partial charge is 0.366 e. The molecule has 0 bridgehead atoms. The molecule has 0 saturated heterocycles. The SMILES string of the molecule is Cc1cn(C2CCC(OCP(=O)(O)O)C2)c(=O)[nH]c1=O. The third-order valence-corrected chi connectivity index (χ3v) is 3.86. The molecule has 1 heterocycles. The van der Waals surface area contributed by atoms with Crippen molar-refractivity contribution in [1.29, 1.82) is 0 Å². The van der Waals surface area contributed by atoms with Crippen LogP contribution >= 0.6 is 7.60 Å². The Morgan fingerprint density at radius 3 is 2.80 bits per heavy atom. The Kier molecular flexibility index (Phi) is 4.29. The van der Waals surface area contributed by atoms with Crippen LogP contribution in [0.3, 0.4) is 0 Å². The maximum absolute atomic E-state index is 11.7. The van der Waals surface area contributed by atoms with E-state index in [-0.39, 0.29) is 12.1 Å². The lowest BCUT2D eigenvalue weighted by atomic mass is 10.2. The second kappa shape index (κ2) is 5.65. The fourth-order valence-corrected chi connectivity index (χ4v) is 2.79. The molecule has 20 heavy (non-hydrogen) atoms. The van der Waals surface area contributed by atoms with E-state index in [1.54, 1.807) is 6.92 Å². The summed E-state index contributed by atoms with van der Waals surface area (Å²) in [5.41, 5.74) is -0.427. The van der Waals surface area contributed by atoms with Crippen molar-refractivity contribution in [3.8, 4) is 0 Å². The Balaban J connectivity index is 2.06. The zero-order valence-electron chi connectivity index (χ0n) is 11.0. The minimum absolute atomic E-state index is 0.125. The normalized spacial score (nSPS) is 23.1. The number of nitrogens with one attached hydrogen (secondary N) is 1. The van der Waals surface area contributed by atoms with Crippen molar-refractivity contribution in [3.63, 3.8) is 0 Å². The van der Waals surface area contributed by atoms with Crippen LogP contribution in [0.15, 0.2) is 15.8 Å². The van der Waals surface area contributed by atoms with Crippen molar-refractivity contribution in [2.24, 2.45) is 0 Å². The van der Waals surface area contributed by atoms with Gasteiger partial charge in [-0.15, -0.1) is 0 Å². The van der Waals surface area contributed by atoms with Crippen molar-refractivity contribution in [2.45, 2.75) is 38.3 Å². The monoisotopic (exact) mass is 304 g/mol. The molecule has 1 fully saturated rings. The molecule has 0 radical (unpaired) electrons. The highest BCUT2D eigenvalue weighted by Crippen LogP contribution is 2.38. The number of hydrogen-bond acceptors (Lipinski definition) is 4. The molecule has 2 unspecified atom stereocenters.